The normalized spacial score (nSPS) is 16.8. The Labute approximate surface area is 207 Å². The van der Waals surface area contributed by atoms with Crippen LogP contribution in [0.3, 0.4) is 0 Å². The number of sulfone groups is 1. The van der Waals surface area contributed by atoms with Crippen molar-refractivity contribution in [1.82, 2.24) is 0 Å². The molecule has 1 saturated heterocycles. The van der Waals surface area contributed by atoms with Crippen molar-refractivity contribution in [2.45, 2.75) is 23.8 Å². The lowest BCUT2D eigenvalue weighted by Gasteiger charge is -2.34. The first-order valence-corrected chi connectivity index (χ1v) is 12.9. The average molecular weight is 515 g/mol. The van der Waals surface area contributed by atoms with E-state index in [2.05, 4.69) is 10.5 Å². The van der Waals surface area contributed by atoms with Crippen molar-refractivity contribution in [3.05, 3.63) is 77.9 Å². The highest BCUT2D eigenvalue weighted by Gasteiger charge is 2.33. The van der Waals surface area contributed by atoms with E-state index in [1.54, 1.807) is 30.3 Å². The van der Waals surface area contributed by atoms with E-state index in [1.165, 1.54) is 29.2 Å². The highest BCUT2D eigenvalue weighted by atomic mass is 32.2. The number of carbonyl (C=O) groups excluding carboxylic acids is 1. The molecule has 8 nitrogen and oxygen atoms in total. The molecule has 1 amide bonds. The van der Waals surface area contributed by atoms with E-state index >= 15 is 4.39 Å². The summed E-state index contributed by atoms with van der Waals surface area (Å²) in [7, 11) is -3.98. The molecule has 0 spiro atoms. The number of nitrogens with two attached hydrogens (primary N) is 1. The van der Waals surface area contributed by atoms with Gasteiger partial charge in [0.15, 0.2) is 21.5 Å². The highest BCUT2D eigenvalue weighted by Crippen LogP contribution is 2.36. The fourth-order valence-corrected chi connectivity index (χ4v) is 5.29. The number of oxime groups is 1. The van der Waals surface area contributed by atoms with Crippen LogP contribution in [0.2, 0.25) is 0 Å². The molecule has 3 aromatic carbocycles. The molecule has 0 aliphatic carbocycles. The summed E-state index contributed by atoms with van der Waals surface area (Å²) in [6.45, 7) is 0.195. The van der Waals surface area contributed by atoms with E-state index in [0.717, 1.165) is 12.3 Å². The van der Waals surface area contributed by atoms with Crippen LogP contribution in [-0.4, -0.2) is 44.2 Å². The van der Waals surface area contributed by atoms with Gasteiger partial charge in [-0.1, -0.05) is 41.6 Å². The molecular formula is C25H24F2N4O4S. The Balaban J connectivity index is 1.69. The molecule has 0 aromatic heterocycles. The maximum Gasteiger partial charge on any atom is 0.249 e. The van der Waals surface area contributed by atoms with Crippen molar-refractivity contribution in [3.63, 3.8) is 0 Å². The number of halogens is 2. The summed E-state index contributed by atoms with van der Waals surface area (Å²) in [5.74, 6) is -2.60. The van der Waals surface area contributed by atoms with Crippen LogP contribution in [0.25, 0.3) is 11.1 Å². The quantitative estimate of drug-likeness (QED) is 0.199. The van der Waals surface area contributed by atoms with Crippen molar-refractivity contribution in [2.75, 3.05) is 23.0 Å². The lowest BCUT2D eigenvalue weighted by atomic mass is 10.0. The molecule has 1 fully saturated rings. The number of amides is 1. The van der Waals surface area contributed by atoms with Gasteiger partial charge in [-0.2, -0.15) is 0 Å². The predicted octanol–water partition coefficient (Wildman–Crippen LogP) is 3.74. The average Bonchev–Trinajstić information content (AvgIpc) is 2.85. The van der Waals surface area contributed by atoms with E-state index < -0.39 is 44.2 Å². The van der Waals surface area contributed by atoms with Gasteiger partial charge in [0.25, 0.3) is 0 Å². The molecule has 1 unspecified atom stereocenters. The maximum atomic E-state index is 15.8. The van der Waals surface area contributed by atoms with Crippen molar-refractivity contribution >= 4 is 33.0 Å². The summed E-state index contributed by atoms with van der Waals surface area (Å²) in [6, 6.07) is 14.5. The van der Waals surface area contributed by atoms with Gasteiger partial charge in [-0.3, -0.25) is 4.79 Å². The number of nitrogens with one attached hydrogen (secondary N) is 1. The minimum atomic E-state index is -3.98. The molecule has 36 heavy (non-hydrogen) atoms. The third kappa shape index (κ3) is 4.87. The molecule has 0 saturated carbocycles. The van der Waals surface area contributed by atoms with Gasteiger partial charge in [0.05, 0.1) is 11.3 Å². The zero-order valence-corrected chi connectivity index (χ0v) is 20.1. The summed E-state index contributed by atoms with van der Waals surface area (Å²) < 4.78 is 54.9. The summed E-state index contributed by atoms with van der Waals surface area (Å²) >= 11 is 0. The van der Waals surface area contributed by atoms with Crippen molar-refractivity contribution in [1.29, 1.82) is 0 Å². The number of hydrogen-bond donors (Lipinski definition) is 3. The van der Waals surface area contributed by atoms with Crippen LogP contribution in [0.5, 0.6) is 0 Å². The number of anilines is 2. The number of carbonyl (C=O) groups is 1. The van der Waals surface area contributed by atoms with E-state index in [-0.39, 0.29) is 23.4 Å². The molecule has 1 aliphatic heterocycles. The van der Waals surface area contributed by atoms with Crippen molar-refractivity contribution < 1.29 is 27.2 Å². The molecule has 1 atom stereocenters. The van der Waals surface area contributed by atoms with Crippen LogP contribution in [0, 0.1) is 11.6 Å². The zero-order valence-electron chi connectivity index (χ0n) is 19.3. The first-order valence-electron chi connectivity index (χ1n) is 11.0. The molecule has 0 bridgehead atoms. The highest BCUT2D eigenvalue weighted by molar-refractivity contribution is 7.90. The van der Waals surface area contributed by atoms with E-state index in [4.69, 9.17) is 10.9 Å². The molecule has 0 radical (unpaired) electrons. The van der Waals surface area contributed by atoms with Crippen molar-refractivity contribution in [2.24, 2.45) is 10.9 Å². The van der Waals surface area contributed by atoms with Gasteiger partial charge in [-0.25, -0.2) is 17.2 Å². The number of benzene rings is 3. The monoisotopic (exact) mass is 514 g/mol. The van der Waals surface area contributed by atoms with Crippen LogP contribution >= 0.6 is 0 Å². The summed E-state index contributed by atoms with van der Waals surface area (Å²) in [5.41, 5.74) is 6.31. The first kappa shape index (κ1) is 25.1. The van der Waals surface area contributed by atoms with Gasteiger partial charge in [0.2, 0.25) is 5.91 Å². The molecule has 4 rings (SSSR count). The molecular weight excluding hydrogens is 490 g/mol. The van der Waals surface area contributed by atoms with E-state index in [0.29, 0.717) is 24.1 Å². The van der Waals surface area contributed by atoms with Gasteiger partial charge < -0.3 is 21.2 Å². The number of piperidine rings is 1. The third-order valence-corrected chi connectivity index (χ3v) is 7.09. The second-order valence-electron chi connectivity index (χ2n) is 8.42. The molecule has 4 N–H and O–H groups in total. The number of amidine groups is 1. The number of hydrogen-bond acceptors (Lipinski definition) is 6. The second-order valence-corrected chi connectivity index (χ2v) is 10.4. The van der Waals surface area contributed by atoms with Gasteiger partial charge in [0, 0.05) is 24.1 Å². The Morgan fingerprint density at radius 3 is 2.53 bits per heavy atom. The van der Waals surface area contributed by atoms with Crippen LogP contribution in [0.15, 0.2) is 70.7 Å². The minimum absolute atomic E-state index is 0.136. The molecule has 11 heteroatoms. The Morgan fingerprint density at radius 1 is 1.14 bits per heavy atom. The van der Waals surface area contributed by atoms with E-state index in [9.17, 15) is 17.6 Å². The van der Waals surface area contributed by atoms with Crippen molar-refractivity contribution in [3.8, 4) is 11.1 Å². The molecule has 188 valence electrons. The molecule has 1 heterocycles. The maximum absolute atomic E-state index is 15.8. The fraction of sp³-hybridized carbons (Fsp3) is 0.200. The standard InChI is InChI=1S/C25H24F2N4O4S/c1-36(34,35)23-17(15-6-3-2-4-7-15)10-12-21(22(23)27)31-13-5-8-20(25(31)32)29-16-9-11-19(26)18(14-16)24(28)30-33/h2-4,6-7,9-12,14,20,29,33H,5,8,13H2,1H3,(H2,28,30). The zero-order chi connectivity index (χ0) is 26.0. The fourth-order valence-electron chi connectivity index (χ4n) is 4.28. The number of rotatable bonds is 6. The molecule has 1 aliphatic rings. The van der Waals surface area contributed by atoms with Gasteiger partial charge >= 0.3 is 0 Å². The smallest absolute Gasteiger partial charge is 0.249 e. The first-order chi connectivity index (χ1) is 17.1. The Morgan fingerprint density at radius 2 is 1.86 bits per heavy atom. The third-order valence-electron chi connectivity index (χ3n) is 5.95. The lowest BCUT2D eigenvalue weighted by molar-refractivity contribution is -0.120. The van der Waals surface area contributed by atoms with Crippen LogP contribution in [-0.2, 0) is 14.6 Å². The Hall–Kier alpha value is -3.99. The lowest BCUT2D eigenvalue weighted by Crippen LogP contribution is -2.48. The van der Waals surface area contributed by atoms with Gasteiger partial charge in [-0.15, -0.1) is 0 Å². The topological polar surface area (TPSA) is 125 Å². The summed E-state index contributed by atoms with van der Waals surface area (Å²) in [5, 5.41) is 14.7. The van der Waals surface area contributed by atoms with Gasteiger partial charge in [-0.05, 0) is 42.7 Å². The summed E-state index contributed by atoms with van der Waals surface area (Å²) in [4.78, 5) is 14.1. The largest absolute Gasteiger partial charge is 0.409 e. The number of nitrogens with zero attached hydrogens (tertiary/aromatic N) is 2. The van der Waals surface area contributed by atoms with Crippen LogP contribution in [0.4, 0.5) is 20.2 Å². The summed E-state index contributed by atoms with van der Waals surface area (Å²) in [6.07, 6.45) is 1.84. The predicted molar refractivity (Wildman–Crippen MR) is 133 cm³/mol. The Kier molecular flexibility index (Phi) is 6.93. The van der Waals surface area contributed by atoms with E-state index in [1.807, 2.05) is 0 Å². The second kappa shape index (κ2) is 9.94. The van der Waals surface area contributed by atoms with Gasteiger partial charge in [0.1, 0.15) is 16.8 Å². The SMILES string of the molecule is CS(=O)(=O)c1c(-c2ccccc2)ccc(N2CCCC(Nc3ccc(F)c(C(N)=NO)c3)C2=O)c1F. The van der Waals surface area contributed by atoms with Crippen LogP contribution in [0.1, 0.15) is 18.4 Å². The minimum Gasteiger partial charge on any atom is -0.409 e. The van der Waals surface area contributed by atoms with Crippen LogP contribution < -0.4 is 16.0 Å². The molecule has 3 aromatic rings. The Bertz CT molecular complexity index is 1450.